The Bertz CT molecular complexity index is 1050. The first-order chi connectivity index (χ1) is 15.0. The quantitative estimate of drug-likeness (QED) is 0.334. The van der Waals surface area contributed by atoms with Crippen LogP contribution in [0, 0.1) is 0 Å². The van der Waals surface area contributed by atoms with E-state index in [0.29, 0.717) is 17.0 Å². The molecular weight excluding hydrogens is 408 g/mol. The molecule has 0 aliphatic rings. The smallest absolute Gasteiger partial charge is 0.257 e. The van der Waals surface area contributed by atoms with Gasteiger partial charge in [-0.25, -0.2) is 0 Å². The van der Waals surface area contributed by atoms with Crippen LogP contribution in [0.25, 0.3) is 0 Å². The molecule has 1 atom stereocenters. The number of amides is 1. The third kappa shape index (κ3) is 7.01. The lowest BCUT2D eigenvalue weighted by Crippen LogP contribution is -2.34. The van der Waals surface area contributed by atoms with Crippen molar-refractivity contribution >= 4 is 40.3 Å². The molecule has 0 saturated heterocycles. The molecule has 0 heterocycles. The minimum absolute atomic E-state index is 0.0799. The Morgan fingerprint density at radius 1 is 0.968 bits per heavy atom. The van der Waals surface area contributed by atoms with Crippen LogP contribution in [-0.4, -0.2) is 17.1 Å². The number of rotatable bonds is 7. The normalized spacial score (nSPS) is 11.7. The maximum absolute atomic E-state index is 12.5. The second-order valence-corrected chi connectivity index (χ2v) is 7.26. The molecule has 0 saturated carbocycles. The molecule has 31 heavy (non-hydrogen) atoms. The topological polar surface area (TPSA) is 75.1 Å². The Morgan fingerprint density at radius 3 is 2.32 bits per heavy atom. The zero-order valence-corrected chi connectivity index (χ0v) is 18.2. The summed E-state index contributed by atoms with van der Waals surface area (Å²) in [4.78, 5) is 12.5. The highest BCUT2D eigenvalue weighted by Crippen LogP contribution is 2.20. The molecule has 0 fully saturated rings. The third-order valence-electron chi connectivity index (χ3n) is 4.40. The van der Waals surface area contributed by atoms with E-state index >= 15 is 0 Å². The van der Waals surface area contributed by atoms with Crippen molar-refractivity contribution in [2.75, 3.05) is 5.32 Å². The van der Waals surface area contributed by atoms with E-state index in [1.807, 2.05) is 74.5 Å². The van der Waals surface area contributed by atoms with Crippen LogP contribution in [0.2, 0.25) is 0 Å². The fourth-order valence-electron chi connectivity index (χ4n) is 2.59. The van der Waals surface area contributed by atoms with Crippen LogP contribution < -0.4 is 15.4 Å². The Balaban J connectivity index is 1.55. The average Bonchev–Trinajstić information content (AvgIpc) is 2.79. The third-order valence-corrected chi connectivity index (χ3v) is 4.60. The van der Waals surface area contributed by atoms with Gasteiger partial charge in [0.25, 0.3) is 5.91 Å². The van der Waals surface area contributed by atoms with Crippen LogP contribution in [0.3, 0.4) is 0 Å². The van der Waals surface area contributed by atoms with Gasteiger partial charge in [0.2, 0.25) is 0 Å². The number of nitrogens with zero attached hydrogens (tertiary/aromatic N) is 2. The number of nitrogens with one attached hydrogen (secondary N) is 2. The van der Waals surface area contributed by atoms with Crippen molar-refractivity contribution in [1.82, 2.24) is 5.32 Å². The van der Waals surface area contributed by atoms with Crippen molar-refractivity contribution in [3.05, 3.63) is 84.4 Å². The molecular formula is C24H24N4O2S. The Labute approximate surface area is 187 Å². The lowest BCUT2D eigenvalue weighted by molar-refractivity contribution is 0.0977. The molecule has 7 heteroatoms. The van der Waals surface area contributed by atoms with Crippen LogP contribution in [-0.2, 0) is 0 Å². The van der Waals surface area contributed by atoms with Gasteiger partial charge < -0.3 is 10.1 Å². The fourth-order valence-corrected chi connectivity index (χ4v) is 2.80. The van der Waals surface area contributed by atoms with E-state index < -0.39 is 0 Å². The van der Waals surface area contributed by atoms with Gasteiger partial charge >= 0.3 is 0 Å². The number of hydrogen-bond donors (Lipinski definition) is 2. The highest BCUT2D eigenvalue weighted by molar-refractivity contribution is 7.80. The van der Waals surface area contributed by atoms with Crippen LogP contribution in [0.4, 0.5) is 17.1 Å². The number of azo groups is 1. The lowest BCUT2D eigenvalue weighted by Gasteiger charge is -2.14. The molecule has 6 nitrogen and oxygen atoms in total. The van der Waals surface area contributed by atoms with Crippen molar-refractivity contribution < 1.29 is 9.53 Å². The number of carbonyl (C=O) groups is 1. The summed E-state index contributed by atoms with van der Waals surface area (Å²) in [6, 6.07) is 23.8. The molecule has 0 bridgehead atoms. The van der Waals surface area contributed by atoms with Gasteiger partial charge in [-0.05, 0) is 80.2 Å². The van der Waals surface area contributed by atoms with Crippen molar-refractivity contribution in [2.24, 2.45) is 10.2 Å². The van der Waals surface area contributed by atoms with Gasteiger partial charge in [-0.2, -0.15) is 10.2 Å². The Kier molecular flexibility index (Phi) is 7.84. The average molecular weight is 433 g/mol. The standard InChI is InChI=1S/C24H24N4O2S/c1-3-17(2)30-22-11-7-8-18(16-22)23(29)26-24(31)25-19-12-14-21(15-13-19)28-27-20-9-5-4-6-10-20/h4-17H,3H2,1-2H3,(H2,25,26,29,31). The second-order valence-electron chi connectivity index (χ2n) is 6.86. The summed E-state index contributed by atoms with van der Waals surface area (Å²) in [5.74, 6) is 0.349. The van der Waals surface area contributed by atoms with Crippen molar-refractivity contribution in [3.8, 4) is 5.75 Å². The van der Waals surface area contributed by atoms with Crippen molar-refractivity contribution in [3.63, 3.8) is 0 Å². The van der Waals surface area contributed by atoms with E-state index in [1.54, 1.807) is 18.2 Å². The molecule has 3 aromatic rings. The SMILES string of the molecule is CCC(C)Oc1cccc(C(=O)NC(=S)Nc2ccc(N=Nc3ccccc3)cc2)c1. The summed E-state index contributed by atoms with van der Waals surface area (Å²) in [5.41, 5.74) is 2.70. The maximum atomic E-state index is 12.5. The van der Waals surface area contributed by atoms with Crippen LogP contribution in [0.15, 0.2) is 89.1 Å². The number of hydrogen-bond acceptors (Lipinski definition) is 5. The predicted octanol–water partition coefficient (Wildman–Crippen LogP) is 6.41. The number of anilines is 1. The highest BCUT2D eigenvalue weighted by atomic mass is 32.1. The monoisotopic (exact) mass is 432 g/mol. The molecule has 158 valence electrons. The molecule has 0 aromatic heterocycles. The lowest BCUT2D eigenvalue weighted by atomic mass is 10.2. The fraction of sp³-hybridized carbons (Fsp3) is 0.167. The molecule has 1 unspecified atom stereocenters. The van der Waals surface area contributed by atoms with Gasteiger partial charge in [0.1, 0.15) is 5.75 Å². The Hall–Kier alpha value is -3.58. The minimum atomic E-state index is -0.305. The summed E-state index contributed by atoms with van der Waals surface area (Å²) in [7, 11) is 0. The molecule has 0 aliphatic carbocycles. The van der Waals surface area contributed by atoms with E-state index in [9.17, 15) is 4.79 Å². The second kappa shape index (κ2) is 11.0. The van der Waals surface area contributed by atoms with Gasteiger partial charge in [-0.1, -0.05) is 31.2 Å². The van der Waals surface area contributed by atoms with E-state index in [1.165, 1.54) is 0 Å². The summed E-state index contributed by atoms with van der Waals surface area (Å²) in [6.45, 7) is 4.03. The van der Waals surface area contributed by atoms with Gasteiger partial charge in [0.05, 0.1) is 17.5 Å². The number of carbonyl (C=O) groups excluding carboxylic acids is 1. The Morgan fingerprint density at radius 2 is 1.65 bits per heavy atom. The van der Waals surface area contributed by atoms with E-state index in [2.05, 4.69) is 20.9 Å². The number of thiocarbonyl (C=S) groups is 1. The summed E-state index contributed by atoms with van der Waals surface area (Å²) < 4.78 is 5.77. The molecule has 0 radical (unpaired) electrons. The van der Waals surface area contributed by atoms with Gasteiger partial charge in [0, 0.05) is 11.3 Å². The minimum Gasteiger partial charge on any atom is -0.491 e. The van der Waals surface area contributed by atoms with Crippen molar-refractivity contribution in [1.29, 1.82) is 0 Å². The molecule has 0 aliphatic heterocycles. The molecule has 1 amide bonds. The van der Waals surface area contributed by atoms with Crippen LogP contribution >= 0.6 is 12.2 Å². The molecule has 3 rings (SSSR count). The first-order valence-corrected chi connectivity index (χ1v) is 10.4. The van der Waals surface area contributed by atoms with Gasteiger partial charge in [0.15, 0.2) is 5.11 Å². The van der Waals surface area contributed by atoms with Crippen molar-refractivity contribution in [2.45, 2.75) is 26.4 Å². The largest absolute Gasteiger partial charge is 0.491 e. The van der Waals surface area contributed by atoms with Crippen LogP contribution in [0.5, 0.6) is 5.75 Å². The molecule has 2 N–H and O–H groups in total. The molecule has 3 aromatic carbocycles. The summed E-state index contributed by atoms with van der Waals surface area (Å²) in [5, 5.41) is 14.3. The van der Waals surface area contributed by atoms with E-state index in [4.69, 9.17) is 17.0 Å². The van der Waals surface area contributed by atoms with Gasteiger partial charge in [-0.15, -0.1) is 0 Å². The zero-order chi connectivity index (χ0) is 22.1. The summed E-state index contributed by atoms with van der Waals surface area (Å²) in [6.07, 6.45) is 0.966. The van der Waals surface area contributed by atoms with Gasteiger partial charge in [-0.3, -0.25) is 10.1 Å². The number of benzene rings is 3. The maximum Gasteiger partial charge on any atom is 0.257 e. The van der Waals surface area contributed by atoms with E-state index in [-0.39, 0.29) is 17.1 Å². The van der Waals surface area contributed by atoms with Crippen LogP contribution in [0.1, 0.15) is 30.6 Å². The molecule has 0 spiro atoms. The highest BCUT2D eigenvalue weighted by Gasteiger charge is 2.10. The summed E-state index contributed by atoms with van der Waals surface area (Å²) >= 11 is 5.27. The van der Waals surface area contributed by atoms with E-state index in [0.717, 1.165) is 17.8 Å². The number of ether oxygens (including phenoxy) is 1. The first-order valence-electron chi connectivity index (χ1n) is 9.99. The zero-order valence-electron chi connectivity index (χ0n) is 17.4. The first kappa shape index (κ1) is 22.1. The predicted molar refractivity (Wildman–Crippen MR) is 128 cm³/mol.